The van der Waals surface area contributed by atoms with Gasteiger partial charge in [-0.15, -0.1) is 0 Å². The van der Waals surface area contributed by atoms with Gasteiger partial charge < -0.3 is 15.7 Å². The van der Waals surface area contributed by atoms with Gasteiger partial charge in [0.05, 0.1) is 12.6 Å². The number of hydrogen-bond acceptors (Lipinski definition) is 3. The summed E-state index contributed by atoms with van der Waals surface area (Å²) < 4.78 is 0. The fourth-order valence-electron chi connectivity index (χ4n) is 1.34. The lowest BCUT2D eigenvalue weighted by Gasteiger charge is -2.13. The molecule has 92 valence electrons. The van der Waals surface area contributed by atoms with E-state index in [0.717, 1.165) is 5.56 Å². The highest BCUT2D eigenvalue weighted by Crippen LogP contribution is 2.10. The van der Waals surface area contributed by atoms with E-state index < -0.39 is 11.8 Å². The third kappa shape index (κ3) is 4.24. The van der Waals surface area contributed by atoms with Crippen LogP contribution in [0.5, 0.6) is 0 Å². The minimum absolute atomic E-state index is 0.0754. The Kier molecular flexibility index (Phi) is 5.16. The van der Waals surface area contributed by atoms with E-state index in [1.54, 1.807) is 6.92 Å². The lowest BCUT2D eigenvalue weighted by Crippen LogP contribution is -2.41. The van der Waals surface area contributed by atoms with Crippen molar-refractivity contribution in [2.75, 3.05) is 13.2 Å². The van der Waals surface area contributed by atoms with Gasteiger partial charge in [0, 0.05) is 6.54 Å². The Hall–Kier alpha value is -1.88. The van der Waals surface area contributed by atoms with Crippen LogP contribution in [-0.4, -0.2) is 30.1 Å². The van der Waals surface area contributed by atoms with Crippen LogP contribution in [0, 0.1) is 0 Å². The Morgan fingerprint density at radius 1 is 1.24 bits per heavy atom. The van der Waals surface area contributed by atoms with Gasteiger partial charge in [-0.2, -0.15) is 0 Å². The van der Waals surface area contributed by atoms with E-state index in [0.29, 0.717) is 0 Å². The van der Waals surface area contributed by atoms with E-state index in [1.807, 2.05) is 30.3 Å². The molecule has 0 bridgehead atoms. The molecule has 0 heterocycles. The van der Waals surface area contributed by atoms with Crippen LogP contribution in [0.1, 0.15) is 18.5 Å². The van der Waals surface area contributed by atoms with Crippen LogP contribution in [0.2, 0.25) is 0 Å². The normalized spacial score (nSPS) is 11.6. The summed E-state index contributed by atoms with van der Waals surface area (Å²) in [5, 5.41) is 13.4. The fourth-order valence-corrected chi connectivity index (χ4v) is 1.34. The van der Waals surface area contributed by atoms with Gasteiger partial charge in [0.15, 0.2) is 0 Å². The van der Waals surface area contributed by atoms with E-state index in [9.17, 15) is 9.59 Å². The molecule has 0 spiro atoms. The molecule has 3 N–H and O–H groups in total. The number of carbonyl (C=O) groups is 2. The molecule has 5 nitrogen and oxygen atoms in total. The van der Waals surface area contributed by atoms with Crippen LogP contribution in [0.15, 0.2) is 30.3 Å². The van der Waals surface area contributed by atoms with Crippen LogP contribution in [-0.2, 0) is 9.59 Å². The van der Waals surface area contributed by atoms with Crippen molar-refractivity contribution in [3.63, 3.8) is 0 Å². The summed E-state index contributed by atoms with van der Waals surface area (Å²) >= 11 is 0. The Bertz CT molecular complexity index is 379. The quantitative estimate of drug-likeness (QED) is 0.642. The van der Waals surface area contributed by atoms with Crippen LogP contribution >= 0.6 is 0 Å². The number of aliphatic hydroxyl groups excluding tert-OH is 1. The van der Waals surface area contributed by atoms with Crippen molar-refractivity contribution >= 4 is 11.8 Å². The molecule has 1 rings (SSSR count). The maximum absolute atomic E-state index is 11.4. The first-order valence-electron chi connectivity index (χ1n) is 5.39. The molecule has 0 aliphatic carbocycles. The SMILES string of the molecule is CC(NC(=O)C(=O)NCCO)c1ccccc1. The zero-order chi connectivity index (χ0) is 12.7. The number of amides is 2. The minimum atomic E-state index is -0.734. The first kappa shape index (κ1) is 13.2. The van der Waals surface area contributed by atoms with Gasteiger partial charge in [0.2, 0.25) is 0 Å². The average Bonchev–Trinajstić information content (AvgIpc) is 2.36. The maximum Gasteiger partial charge on any atom is 0.309 e. The van der Waals surface area contributed by atoms with Crippen LogP contribution < -0.4 is 10.6 Å². The Morgan fingerprint density at radius 3 is 2.47 bits per heavy atom. The van der Waals surface area contributed by atoms with E-state index in [2.05, 4.69) is 10.6 Å². The van der Waals surface area contributed by atoms with Crippen molar-refractivity contribution in [1.82, 2.24) is 10.6 Å². The largest absolute Gasteiger partial charge is 0.395 e. The van der Waals surface area contributed by atoms with Gasteiger partial charge in [-0.25, -0.2) is 0 Å². The summed E-state index contributed by atoms with van der Waals surface area (Å²) in [5.74, 6) is -1.43. The molecule has 0 saturated heterocycles. The highest BCUT2D eigenvalue weighted by molar-refractivity contribution is 6.35. The average molecular weight is 236 g/mol. The zero-order valence-electron chi connectivity index (χ0n) is 9.64. The first-order valence-corrected chi connectivity index (χ1v) is 5.39. The third-order valence-electron chi connectivity index (χ3n) is 2.25. The molecule has 0 fully saturated rings. The van der Waals surface area contributed by atoms with E-state index in [4.69, 9.17) is 5.11 Å². The van der Waals surface area contributed by atoms with Crippen molar-refractivity contribution in [1.29, 1.82) is 0 Å². The summed E-state index contributed by atoms with van der Waals surface area (Å²) in [6, 6.07) is 9.12. The number of nitrogens with one attached hydrogen (secondary N) is 2. The van der Waals surface area contributed by atoms with E-state index in [1.165, 1.54) is 0 Å². The number of benzene rings is 1. The maximum atomic E-state index is 11.4. The molecule has 17 heavy (non-hydrogen) atoms. The summed E-state index contributed by atoms with van der Waals surface area (Å²) in [7, 11) is 0. The van der Waals surface area contributed by atoms with Crippen LogP contribution in [0.3, 0.4) is 0 Å². The molecule has 0 radical (unpaired) electrons. The zero-order valence-corrected chi connectivity index (χ0v) is 9.64. The molecule has 0 aromatic heterocycles. The van der Waals surface area contributed by atoms with Crippen molar-refractivity contribution < 1.29 is 14.7 Å². The molecule has 1 atom stereocenters. The highest BCUT2D eigenvalue weighted by Gasteiger charge is 2.15. The molecule has 5 heteroatoms. The molecule has 0 aliphatic rings. The van der Waals surface area contributed by atoms with Gasteiger partial charge in [-0.3, -0.25) is 9.59 Å². The van der Waals surface area contributed by atoms with Crippen molar-refractivity contribution in [3.05, 3.63) is 35.9 Å². The number of aliphatic hydroxyl groups is 1. The summed E-state index contributed by atoms with van der Waals surface area (Å²) in [6.07, 6.45) is 0. The van der Waals surface area contributed by atoms with Crippen LogP contribution in [0.25, 0.3) is 0 Å². The van der Waals surface area contributed by atoms with Gasteiger partial charge in [0.25, 0.3) is 0 Å². The number of carbonyl (C=O) groups excluding carboxylic acids is 2. The minimum Gasteiger partial charge on any atom is -0.395 e. The molecular formula is C12H16N2O3. The van der Waals surface area contributed by atoms with Gasteiger partial charge in [0.1, 0.15) is 0 Å². The summed E-state index contributed by atoms with van der Waals surface area (Å²) in [4.78, 5) is 22.7. The topological polar surface area (TPSA) is 78.4 Å². The third-order valence-corrected chi connectivity index (χ3v) is 2.25. The predicted octanol–water partition coefficient (Wildman–Crippen LogP) is -0.0277. The monoisotopic (exact) mass is 236 g/mol. The standard InChI is InChI=1S/C12H16N2O3/c1-9(10-5-3-2-4-6-10)14-12(17)11(16)13-7-8-15/h2-6,9,15H,7-8H2,1H3,(H,13,16)(H,14,17). The second-order valence-corrected chi connectivity index (χ2v) is 3.59. The molecule has 1 aromatic rings. The number of rotatable bonds is 4. The molecule has 1 unspecified atom stereocenters. The smallest absolute Gasteiger partial charge is 0.309 e. The summed E-state index contributed by atoms with van der Waals surface area (Å²) in [6.45, 7) is 1.69. The fraction of sp³-hybridized carbons (Fsp3) is 0.333. The van der Waals surface area contributed by atoms with Crippen molar-refractivity contribution in [3.8, 4) is 0 Å². The van der Waals surface area contributed by atoms with Crippen molar-refractivity contribution in [2.24, 2.45) is 0 Å². The number of hydrogen-bond donors (Lipinski definition) is 3. The molecular weight excluding hydrogens is 220 g/mol. The lowest BCUT2D eigenvalue weighted by molar-refractivity contribution is -0.139. The second-order valence-electron chi connectivity index (χ2n) is 3.59. The summed E-state index contributed by atoms with van der Waals surface area (Å²) in [5.41, 5.74) is 0.927. The highest BCUT2D eigenvalue weighted by atomic mass is 16.3. The lowest BCUT2D eigenvalue weighted by atomic mass is 10.1. The molecule has 0 aliphatic heterocycles. The van der Waals surface area contributed by atoms with E-state index in [-0.39, 0.29) is 19.2 Å². The Morgan fingerprint density at radius 2 is 1.88 bits per heavy atom. The molecule has 1 aromatic carbocycles. The first-order chi connectivity index (χ1) is 8.15. The Balaban J connectivity index is 2.49. The Labute approximate surface area is 99.8 Å². The van der Waals surface area contributed by atoms with Gasteiger partial charge in [-0.05, 0) is 12.5 Å². The van der Waals surface area contributed by atoms with E-state index >= 15 is 0 Å². The second kappa shape index (κ2) is 6.65. The predicted molar refractivity (Wildman–Crippen MR) is 63.1 cm³/mol. The van der Waals surface area contributed by atoms with Crippen molar-refractivity contribution in [2.45, 2.75) is 13.0 Å². The van der Waals surface area contributed by atoms with Crippen LogP contribution in [0.4, 0.5) is 0 Å². The molecule has 0 saturated carbocycles. The van der Waals surface area contributed by atoms with Gasteiger partial charge in [-0.1, -0.05) is 30.3 Å². The van der Waals surface area contributed by atoms with Gasteiger partial charge >= 0.3 is 11.8 Å². The molecule has 2 amide bonds.